The lowest BCUT2D eigenvalue weighted by Crippen LogP contribution is -2.56. The van der Waals surface area contributed by atoms with Crippen molar-refractivity contribution in [3.8, 4) is 0 Å². The highest BCUT2D eigenvalue weighted by molar-refractivity contribution is 9.10. The minimum absolute atomic E-state index is 0.0300. The first-order valence-corrected chi connectivity index (χ1v) is 8.84. The molecule has 0 aliphatic rings. The minimum Gasteiger partial charge on any atom is -0.385 e. The lowest BCUT2D eigenvalue weighted by molar-refractivity contribution is -0.181. The monoisotopic (exact) mass is 386 g/mol. The normalized spacial score (nSPS) is 16.8. The highest BCUT2D eigenvalue weighted by Crippen LogP contribution is 2.45. The summed E-state index contributed by atoms with van der Waals surface area (Å²) in [7, 11) is 1.59. The summed E-state index contributed by atoms with van der Waals surface area (Å²) in [5.74, 6) is -0.115. The predicted molar refractivity (Wildman–Crippen MR) is 89.9 cm³/mol. The smallest absolute Gasteiger partial charge is 0.219 e. The number of halogens is 2. The average molecular weight is 387 g/mol. The molecule has 0 rings (SSSR count). The predicted octanol–water partition coefficient (Wildman–Crippen LogP) is 4.04. The molecular weight excluding hydrogens is 355 g/mol. The van der Waals surface area contributed by atoms with Gasteiger partial charge in [0.2, 0.25) is 4.58 Å². The molecule has 0 bridgehead atoms. The number of alkyl halides is 2. The fourth-order valence-electron chi connectivity index (χ4n) is 2.59. The fraction of sp³-hybridized carbons (Fsp3) is 1.00. The third kappa shape index (κ3) is 6.40. The summed E-state index contributed by atoms with van der Waals surface area (Å²) in [6.07, 6.45) is 1.34. The Hall–Kier alpha value is 0.250. The van der Waals surface area contributed by atoms with Crippen molar-refractivity contribution >= 4 is 15.9 Å². The maximum Gasteiger partial charge on any atom is 0.219 e. The van der Waals surface area contributed by atoms with Crippen LogP contribution in [0.4, 0.5) is 4.39 Å². The zero-order chi connectivity index (χ0) is 17.2. The number of ether oxygens (including phenoxy) is 3. The summed E-state index contributed by atoms with van der Waals surface area (Å²) < 4.78 is 29.2. The van der Waals surface area contributed by atoms with Crippen molar-refractivity contribution in [1.29, 1.82) is 0 Å². The van der Waals surface area contributed by atoms with Gasteiger partial charge in [-0.05, 0) is 34.7 Å². The second-order valence-electron chi connectivity index (χ2n) is 6.00. The minimum atomic E-state index is -2.02. The first-order valence-electron chi connectivity index (χ1n) is 8.05. The largest absolute Gasteiger partial charge is 0.385 e. The van der Waals surface area contributed by atoms with E-state index in [2.05, 4.69) is 15.9 Å². The Morgan fingerprint density at radius 2 is 1.68 bits per heavy atom. The summed E-state index contributed by atoms with van der Waals surface area (Å²) in [5, 5.41) is 10.8. The maximum absolute atomic E-state index is 15.5. The van der Waals surface area contributed by atoms with Crippen LogP contribution < -0.4 is 0 Å². The quantitative estimate of drug-likeness (QED) is 0.294. The first kappa shape index (κ1) is 22.2. The van der Waals surface area contributed by atoms with E-state index in [0.29, 0.717) is 38.9 Å². The Morgan fingerprint density at radius 3 is 2.09 bits per heavy atom. The molecular formula is C16H32BrFO4. The van der Waals surface area contributed by atoms with Gasteiger partial charge < -0.3 is 19.3 Å². The van der Waals surface area contributed by atoms with E-state index in [4.69, 9.17) is 14.2 Å². The van der Waals surface area contributed by atoms with E-state index in [9.17, 15) is 5.11 Å². The van der Waals surface area contributed by atoms with E-state index < -0.39 is 16.3 Å². The molecule has 0 aromatic carbocycles. The number of hydrogen-bond acceptors (Lipinski definition) is 4. The summed E-state index contributed by atoms with van der Waals surface area (Å²) in [5.41, 5.74) is -1.46. The van der Waals surface area contributed by atoms with Crippen molar-refractivity contribution in [3.05, 3.63) is 0 Å². The standard InChI is InChI=1S/C16H32BrFO4/c1-6-8-15(19,9-7-2)16(17,18)14(13(3)4)22-12-21-11-10-20-5/h13-14,19H,6-12H2,1-5H3/t14-,16-/m0/s1. The number of hydrogen-bond donors (Lipinski definition) is 1. The molecule has 0 radical (unpaired) electrons. The van der Waals surface area contributed by atoms with Gasteiger partial charge in [0.05, 0.1) is 13.2 Å². The summed E-state index contributed by atoms with van der Waals surface area (Å²) >= 11 is 3.13. The Bertz CT molecular complexity index is 281. The SMILES string of the molecule is CCCC(O)(CCC)[C@](F)(Br)[C@@H](OCOCCOC)C(C)C. The molecule has 0 heterocycles. The van der Waals surface area contributed by atoms with Gasteiger partial charge in [-0.2, -0.15) is 0 Å². The van der Waals surface area contributed by atoms with Crippen molar-refractivity contribution in [2.75, 3.05) is 27.1 Å². The zero-order valence-electron chi connectivity index (χ0n) is 14.5. The van der Waals surface area contributed by atoms with Crippen LogP contribution in [0, 0.1) is 5.92 Å². The third-order valence-corrected chi connectivity index (χ3v) is 4.86. The molecule has 0 aromatic heterocycles. The van der Waals surface area contributed by atoms with Crippen LogP contribution in [0.2, 0.25) is 0 Å². The fourth-order valence-corrected chi connectivity index (χ4v) is 3.65. The third-order valence-electron chi connectivity index (χ3n) is 3.67. The molecule has 1 N–H and O–H groups in total. The molecule has 22 heavy (non-hydrogen) atoms. The Kier molecular flexibility index (Phi) is 11.0. The van der Waals surface area contributed by atoms with Crippen LogP contribution in [0.5, 0.6) is 0 Å². The second kappa shape index (κ2) is 10.9. The van der Waals surface area contributed by atoms with Crippen LogP contribution in [0.25, 0.3) is 0 Å². The molecule has 0 spiro atoms. The lowest BCUT2D eigenvalue weighted by atomic mass is 9.82. The van der Waals surface area contributed by atoms with E-state index in [1.165, 1.54) is 0 Å². The van der Waals surface area contributed by atoms with Crippen molar-refractivity contribution in [2.24, 2.45) is 5.92 Å². The Morgan fingerprint density at radius 1 is 1.14 bits per heavy atom. The highest BCUT2D eigenvalue weighted by Gasteiger charge is 2.55. The highest BCUT2D eigenvalue weighted by atomic mass is 79.9. The van der Waals surface area contributed by atoms with Crippen LogP contribution >= 0.6 is 15.9 Å². The van der Waals surface area contributed by atoms with Gasteiger partial charge in [-0.1, -0.05) is 40.5 Å². The summed E-state index contributed by atoms with van der Waals surface area (Å²) in [6.45, 7) is 8.42. The second-order valence-corrected chi connectivity index (χ2v) is 7.16. The molecule has 0 aliphatic heterocycles. The van der Waals surface area contributed by atoms with Gasteiger partial charge in [0.25, 0.3) is 0 Å². The molecule has 2 atom stereocenters. The summed E-state index contributed by atoms with van der Waals surface area (Å²) in [4.78, 5) is 0. The molecule has 4 nitrogen and oxygen atoms in total. The van der Waals surface area contributed by atoms with E-state index in [-0.39, 0.29) is 12.7 Å². The van der Waals surface area contributed by atoms with Crippen molar-refractivity contribution < 1.29 is 23.7 Å². The van der Waals surface area contributed by atoms with Crippen LogP contribution in [0.15, 0.2) is 0 Å². The van der Waals surface area contributed by atoms with E-state index in [0.717, 1.165) is 0 Å². The van der Waals surface area contributed by atoms with Crippen molar-refractivity contribution in [1.82, 2.24) is 0 Å². The summed E-state index contributed by atoms with van der Waals surface area (Å²) in [6, 6.07) is 0. The number of aliphatic hydroxyl groups is 1. The van der Waals surface area contributed by atoms with Gasteiger partial charge >= 0.3 is 0 Å². The molecule has 0 aliphatic carbocycles. The molecule has 0 amide bonds. The molecule has 0 aromatic rings. The first-order chi connectivity index (χ1) is 10.3. The average Bonchev–Trinajstić information content (AvgIpc) is 2.42. The van der Waals surface area contributed by atoms with Gasteiger partial charge in [0, 0.05) is 7.11 Å². The molecule has 6 heteroatoms. The van der Waals surface area contributed by atoms with Gasteiger partial charge in [-0.15, -0.1) is 0 Å². The van der Waals surface area contributed by atoms with Gasteiger partial charge in [0.1, 0.15) is 18.5 Å². The Balaban J connectivity index is 4.93. The van der Waals surface area contributed by atoms with Crippen LogP contribution in [-0.2, 0) is 14.2 Å². The van der Waals surface area contributed by atoms with Crippen LogP contribution in [0.3, 0.4) is 0 Å². The molecule has 134 valence electrons. The topological polar surface area (TPSA) is 47.9 Å². The van der Waals surface area contributed by atoms with Crippen LogP contribution in [0.1, 0.15) is 53.4 Å². The van der Waals surface area contributed by atoms with E-state index in [1.54, 1.807) is 7.11 Å². The van der Waals surface area contributed by atoms with E-state index >= 15 is 4.39 Å². The number of methoxy groups -OCH3 is 1. The van der Waals surface area contributed by atoms with Crippen molar-refractivity contribution in [2.45, 2.75) is 69.7 Å². The zero-order valence-corrected chi connectivity index (χ0v) is 16.1. The van der Waals surface area contributed by atoms with Gasteiger partial charge in [0.15, 0.2) is 0 Å². The van der Waals surface area contributed by atoms with Crippen molar-refractivity contribution in [3.63, 3.8) is 0 Å². The number of rotatable bonds is 13. The molecule has 0 unspecified atom stereocenters. The molecule has 0 saturated carbocycles. The molecule has 0 saturated heterocycles. The van der Waals surface area contributed by atoms with Gasteiger partial charge in [-0.25, -0.2) is 4.39 Å². The van der Waals surface area contributed by atoms with E-state index in [1.807, 2.05) is 27.7 Å². The lowest BCUT2D eigenvalue weighted by Gasteiger charge is -2.43. The van der Waals surface area contributed by atoms with Gasteiger partial charge in [-0.3, -0.25) is 0 Å². The molecule has 0 fully saturated rings. The maximum atomic E-state index is 15.5. The van der Waals surface area contributed by atoms with Crippen LogP contribution in [-0.4, -0.2) is 48.5 Å². The Labute approximate surface area is 142 Å².